The molecule has 144 valence electrons. The molecule has 1 aliphatic rings. The third-order valence-electron chi connectivity index (χ3n) is 4.08. The highest BCUT2D eigenvalue weighted by atomic mass is 35.5. The van der Waals surface area contributed by atoms with E-state index in [1.165, 1.54) is 0 Å². The van der Waals surface area contributed by atoms with E-state index in [1.54, 1.807) is 18.2 Å². The number of amides is 1. The minimum atomic E-state index is -0.223. The van der Waals surface area contributed by atoms with Crippen LogP contribution in [0.2, 0.25) is 5.02 Å². The maximum atomic E-state index is 11.9. The van der Waals surface area contributed by atoms with Crippen LogP contribution in [0.25, 0.3) is 11.3 Å². The van der Waals surface area contributed by atoms with Crippen LogP contribution in [0.15, 0.2) is 53.1 Å². The first-order valence-electron chi connectivity index (χ1n) is 8.62. The van der Waals surface area contributed by atoms with Crippen LogP contribution in [-0.2, 0) is 22.7 Å². The number of halogens is 1. The van der Waals surface area contributed by atoms with Gasteiger partial charge in [-0.1, -0.05) is 28.9 Å². The summed E-state index contributed by atoms with van der Waals surface area (Å²) in [7, 11) is 0. The van der Waals surface area contributed by atoms with Gasteiger partial charge in [0.2, 0.25) is 12.7 Å². The Hall–Kier alpha value is -3.03. The Morgan fingerprint density at radius 3 is 2.93 bits per heavy atom. The molecular weight excluding hydrogens is 384 g/mol. The average Bonchev–Trinajstić information content (AvgIpc) is 3.35. The second kappa shape index (κ2) is 8.33. The number of nitrogens with zero attached hydrogens (tertiary/aromatic N) is 1. The van der Waals surface area contributed by atoms with Gasteiger partial charge in [-0.15, -0.1) is 0 Å². The lowest BCUT2D eigenvalue weighted by molar-refractivity contribution is -0.126. The number of carbonyl (C=O) groups excluding carboxylic acids is 1. The maximum absolute atomic E-state index is 11.9. The molecule has 28 heavy (non-hydrogen) atoms. The first-order valence-corrected chi connectivity index (χ1v) is 9.00. The van der Waals surface area contributed by atoms with E-state index in [2.05, 4.69) is 10.5 Å². The van der Waals surface area contributed by atoms with E-state index >= 15 is 0 Å². The zero-order chi connectivity index (χ0) is 19.3. The largest absolute Gasteiger partial charge is 0.454 e. The molecule has 1 aromatic heterocycles. The van der Waals surface area contributed by atoms with E-state index in [0.29, 0.717) is 34.5 Å². The Balaban J connectivity index is 1.25. The molecule has 2 heterocycles. The van der Waals surface area contributed by atoms with Crippen molar-refractivity contribution in [3.05, 3.63) is 64.8 Å². The number of hydrogen-bond acceptors (Lipinski definition) is 6. The molecule has 0 saturated carbocycles. The molecule has 0 radical (unpaired) electrons. The number of benzene rings is 2. The summed E-state index contributed by atoms with van der Waals surface area (Å²) >= 11 is 5.92. The van der Waals surface area contributed by atoms with E-state index < -0.39 is 0 Å². The van der Waals surface area contributed by atoms with Gasteiger partial charge in [-0.3, -0.25) is 4.79 Å². The zero-order valence-corrected chi connectivity index (χ0v) is 15.6. The highest BCUT2D eigenvalue weighted by Crippen LogP contribution is 2.36. The van der Waals surface area contributed by atoms with Crippen molar-refractivity contribution in [1.82, 2.24) is 10.5 Å². The second-order valence-corrected chi connectivity index (χ2v) is 6.59. The average molecular weight is 401 g/mol. The van der Waals surface area contributed by atoms with Crippen LogP contribution in [0.3, 0.4) is 0 Å². The van der Waals surface area contributed by atoms with Crippen molar-refractivity contribution in [1.29, 1.82) is 0 Å². The molecular formula is C20H17ClN2O5. The van der Waals surface area contributed by atoms with E-state index in [1.807, 2.05) is 30.3 Å². The van der Waals surface area contributed by atoms with Gasteiger partial charge in [-0.05, 0) is 35.9 Å². The van der Waals surface area contributed by atoms with Crippen LogP contribution in [0.4, 0.5) is 0 Å². The molecule has 1 aliphatic heterocycles. The van der Waals surface area contributed by atoms with E-state index in [4.69, 9.17) is 30.3 Å². The SMILES string of the molecule is O=C(COCc1cc(-c2ccc3c(c2)OCO3)on1)NCc1cccc(Cl)c1. The lowest BCUT2D eigenvalue weighted by Crippen LogP contribution is -2.27. The molecule has 4 rings (SSSR count). The van der Waals surface area contributed by atoms with Gasteiger partial charge in [-0.2, -0.15) is 0 Å². The van der Waals surface area contributed by atoms with Crippen LogP contribution >= 0.6 is 11.6 Å². The monoisotopic (exact) mass is 400 g/mol. The van der Waals surface area contributed by atoms with Gasteiger partial charge in [0.25, 0.3) is 0 Å². The van der Waals surface area contributed by atoms with Crippen molar-refractivity contribution in [2.75, 3.05) is 13.4 Å². The Labute approximate surface area is 166 Å². The molecule has 0 aliphatic carbocycles. The standard InChI is InChI=1S/C20H17ClN2O5/c21-15-3-1-2-13(6-15)9-22-20(24)11-25-10-16-8-18(28-23-16)14-4-5-17-19(7-14)27-12-26-17/h1-8H,9-12H2,(H,22,24). The van der Waals surface area contributed by atoms with Crippen molar-refractivity contribution in [2.24, 2.45) is 0 Å². The summed E-state index contributed by atoms with van der Waals surface area (Å²) in [5.74, 6) is 1.74. The van der Waals surface area contributed by atoms with E-state index in [9.17, 15) is 4.79 Å². The van der Waals surface area contributed by atoms with Gasteiger partial charge in [0, 0.05) is 23.2 Å². The number of ether oxygens (including phenoxy) is 3. The van der Waals surface area contributed by atoms with Gasteiger partial charge < -0.3 is 24.1 Å². The van der Waals surface area contributed by atoms with Crippen molar-refractivity contribution >= 4 is 17.5 Å². The summed E-state index contributed by atoms with van der Waals surface area (Å²) in [6.45, 7) is 0.694. The summed E-state index contributed by atoms with van der Waals surface area (Å²) < 4.78 is 21.4. The van der Waals surface area contributed by atoms with E-state index in [0.717, 1.165) is 11.1 Å². The molecule has 1 N–H and O–H groups in total. The summed E-state index contributed by atoms with van der Waals surface area (Å²) in [6, 6.07) is 14.6. The minimum absolute atomic E-state index is 0.0766. The van der Waals surface area contributed by atoms with Crippen LogP contribution in [0.1, 0.15) is 11.3 Å². The predicted octanol–water partition coefficient (Wildman–Crippen LogP) is 3.56. The summed E-state index contributed by atoms with van der Waals surface area (Å²) in [5.41, 5.74) is 2.34. The smallest absolute Gasteiger partial charge is 0.246 e. The highest BCUT2D eigenvalue weighted by Gasteiger charge is 2.16. The Kier molecular flexibility index (Phi) is 5.45. The zero-order valence-electron chi connectivity index (χ0n) is 14.8. The number of rotatable bonds is 7. The minimum Gasteiger partial charge on any atom is -0.454 e. The van der Waals surface area contributed by atoms with Crippen LogP contribution < -0.4 is 14.8 Å². The van der Waals surface area contributed by atoms with Crippen LogP contribution in [0.5, 0.6) is 11.5 Å². The molecule has 0 unspecified atom stereocenters. The second-order valence-electron chi connectivity index (χ2n) is 6.15. The molecule has 2 aromatic carbocycles. The number of aromatic nitrogens is 1. The molecule has 3 aromatic rings. The molecule has 0 spiro atoms. The molecule has 1 amide bonds. The third kappa shape index (κ3) is 4.44. The Morgan fingerprint density at radius 1 is 1.14 bits per heavy atom. The van der Waals surface area contributed by atoms with Gasteiger partial charge in [0.15, 0.2) is 17.3 Å². The number of nitrogens with one attached hydrogen (secondary N) is 1. The maximum Gasteiger partial charge on any atom is 0.246 e. The van der Waals surface area contributed by atoms with Gasteiger partial charge in [0.1, 0.15) is 12.3 Å². The summed E-state index contributed by atoms with van der Waals surface area (Å²) in [6.07, 6.45) is 0. The molecule has 0 bridgehead atoms. The van der Waals surface area contributed by atoms with Crippen molar-refractivity contribution in [3.63, 3.8) is 0 Å². The molecule has 7 nitrogen and oxygen atoms in total. The van der Waals surface area contributed by atoms with Gasteiger partial charge >= 0.3 is 0 Å². The first-order chi connectivity index (χ1) is 13.7. The highest BCUT2D eigenvalue weighted by molar-refractivity contribution is 6.30. The lowest BCUT2D eigenvalue weighted by Gasteiger charge is -2.06. The van der Waals surface area contributed by atoms with Crippen molar-refractivity contribution in [3.8, 4) is 22.8 Å². The fourth-order valence-electron chi connectivity index (χ4n) is 2.71. The summed E-state index contributed by atoms with van der Waals surface area (Å²) in [5, 5.41) is 7.37. The Bertz CT molecular complexity index is 988. The van der Waals surface area contributed by atoms with Crippen molar-refractivity contribution < 1.29 is 23.5 Å². The first kappa shape index (κ1) is 18.3. The normalized spacial score (nSPS) is 12.2. The Morgan fingerprint density at radius 2 is 2.04 bits per heavy atom. The van der Waals surface area contributed by atoms with E-state index in [-0.39, 0.29) is 25.9 Å². The fourth-order valence-corrected chi connectivity index (χ4v) is 2.93. The molecule has 0 fully saturated rings. The predicted molar refractivity (Wildman–Crippen MR) is 101 cm³/mol. The van der Waals surface area contributed by atoms with Gasteiger partial charge in [0.05, 0.1) is 6.61 Å². The fraction of sp³-hybridized carbons (Fsp3) is 0.200. The topological polar surface area (TPSA) is 82.8 Å². The number of carbonyl (C=O) groups is 1. The van der Waals surface area contributed by atoms with Crippen molar-refractivity contribution in [2.45, 2.75) is 13.2 Å². The van der Waals surface area contributed by atoms with Gasteiger partial charge in [-0.25, -0.2) is 0 Å². The number of fused-ring (bicyclic) bond motifs is 1. The summed E-state index contributed by atoms with van der Waals surface area (Å²) in [4.78, 5) is 11.9. The lowest BCUT2D eigenvalue weighted by atomic mass is 10.1. The molecule has 0 saturated heterocycles. The number of hydrogen-bond donors (Lipinski definition) is 1. The molecule has 8 heteroatoms. The molecule has 0 atom stereocenters. The van der Waals surface area contributed by atoms with Crippen LogP contribution in [0, 0.1) is 0 Å². The van der Waals surface area contributed by atoms with Crippen LogP contribution in [-0.4, -0.2) is 24.5 Å². The quantitative estimate of drug-likeness (QED) is 0.653. The third-order valence-corrected chi connectivity index (χ3v) is 4.31.